The van der Waals surface area contributed by atoms with Crippen molar-refractivity contribution in [2.24, 2.45) is 5.92 Å². The van der Waals surface area contributed by atoms with E-state index in [0.717, 1.165) is 12.2 Å². The van der Waals surface area contributed by atoms with Crippen LogP contribution in [-0.2, 0) is 0 Å². The van der Waals surface area contributed by atoms with E-state index in [1.807, 2.05) is 6.07 Å². The molecule has 0 unspecified atom stereocenters. The number of benzene rings is 1. The van der Waals surface area contributed by atoms with Gasteiger partial charge in [-0.3, -0.25) is 10.1 Å². The van der Waals surface area contributed by atoms with Gasteiger partial charge in [-0.2, -0.15) is 0 Å². The Morgan fingerprint density at radius 3 is 2.79 bits per heavy atom. The van der Waals surface area contributed by atoms with E-state index in [9.17, 15) is 10.1 Å². The lowest BCUT2D eigenvalue weighted by molar-refractivity contribution is -0.384. The number of hydrogen-bond donors (Lipinski definition) is 1. The van der Waals surface area contributed by atoms with Crippen molar-refractivity contribution in [2.45, 2.75) is 13.8 Å². The van der Waals surface area contributed by atoms with E-state index in [1.54, 1.807) is 12.1 Å². The first kappa shape index (κ1) is 10.5. The fraction of sp³-hybridized carbons (Fsp3) is 0.400. The fourth-order valence-corrected chi connectivity index (χ4v) is 1.05. The van der Waals surface area contributed by atoms with E-state index in [4.69, 9.17) is 0 Å². The Bertz CT molecular complexity index is 324. The third-order valence-corrected chi connectivity index (χ3v) is 1.77. The quantitative estimate of drug-likeness (QED) is 0.592. The number of nitrogens with zero attached hydrogens (tertiary/aromatic N) is 1. The molecule has 0 saturated heterocycles. The van der Waals surface area contributed by atoms with Crippen molar-refractivity contribution in [1.82, 2.24) is 0 Å². The summed E-state index contributed by atoms with van der Waals surface area (Å²) in [4.78, 5) is 10.1. The van der Waals surface area contributed by atoms with Gasteiger partial charge in [0.1, 0.15) is 0 Å². The largest absolute Gasteiger partial charge is 0.385 e. The molecular formula is C10H14N2O2. The topological polar surface area (TPSA) is 55.2 Å². The van der Waals surface area contributed by atoms with Gasteiger partial charge in [0.05, 0.1) is 4.92 Å². The molecule has 1 aromatic carbocycles. The van der Waals surface area contributed by atoms with Crippen LogP contribution in [0.3, 0.4) is 0 Å². The zero-order valence-electron chi connectivity index (χ0n) is 8.36. The third-order valence-electron chi connectivity index (χ3n) is 1.77. The Morgan fingerprint density at radius 2 is 2.21 bits per heavy atom. The second-order valence-corrected chi connectivity index (χ2v) is 3.58. The van der Waals surface area contributed by atoms with E-state index >= 15 is 0 Å². The fourth-order valence-electron chi connectivity index (χ4n) is 1.05. The lowest BCUT2D eigenvalue weighted by Crippen LogP contribution is -2.07. The molecule has 4 nitrogen and oxygen atoms in total. The summed E-state index contributed by atoms with van der Waals surface area (Å²) in [5.41, 5.74) is 0.923. The average molecular weight is 194 g/mol. The zero-order valence-corrected chi connectivity index (χ0v) is 8.36. The summed E-state index contributed by atoms with van der Waals surface area (Å²) < 4.78 is 0. The minimum absolute atomic E-state index is 0.124. The Hall–Kier alpha value is -1.58. The molecule has 0 fully saturated rings. The maximum Gasteiger partial charge on any atom is 0.271 e. The molecule has 0 bridgehead atoms. The van der Waals surface area contributed by atoms with Gasteiger partial charge in [0.15, 0.2) is 0 Å². The summed E-state index contributed by atoms with van der Waals surface area (Å²) in [5.74, 6) is 0.522. The van der Waals surface area contributed by atoms with Crippen LogP contribution >= 0.6 is 0 Å². The number of rotatable bonds is 4. The van der Waals surface area contributed by atoms with Crippen LogP contribution in [0.15, 0.2) is 24.3 Å². The molecule has 0 aromatic heterocycles. The van der Waals surface area contributed by atoms with E-state index in [0.29, 0.717) is 5.92 Å². The number of nitro benzene ring substituents is 1. The van der Waals surface area contributed by atoms with Crippen molar-refractivity contribution in [1.29, 1.82) is 0 Å². The second-order valence-electron chi connectivity index (χ2n) is 3.58. The van der Waals surface area contributed by atoms with Gasteiger partial charge in [-0.15, -0.1) is 0 Å². The molecule has 0 aliphatic rings. The maximum atomic E-state index is 10.5. The monoisotopic (exact) mass is 194 g/mol. The lowest BCUT2D eigenvalue weighted by Gasteiger charge is -2.08. The van der Waals surface area contributed by atoms with Gasteiger partial charge in [0.25, 0.3) is 5.69 Å². The normalized spacial score (nSPS) is 10.2. The van der Waals surface area contributed by atoms with Gasteiger partial charge in [0.2, 0.25) is 0 Å². The van der Waals surface area contributed by atoms with Crippen LogP contribution in [-0.4, -0.2) is 11.5 Å². The van der Waals surface area contributed by atoms with E-state index < -0.39 is 0 Å². The molecule has 0 heterocycles. The molecule has 0 atom stereocenters. The summed E-state index contributed by atoms with van der Waals surface area (Å²) in [6, 6.07) is 6.54. The van der Waals surface area contributed by atoms with Crippen molar-refractivity contribution < 1.29 is 4.92 Å². The first-order chi connectivity index (χ1) is 6.59. The van der Waals surface area contributed by atoms with Crippen molar-refractivity contribution in [3.63, 3.8) is 0 Å². The number of non-ortho nitro benzene ring substituents is 1. The van der Waals surface area contributed by atoms with Gasteiger partial charge in [-0.05, 0) is 12.0 Å². The maximum absolute atomic E-state index is 10.5. The molecule has 76 valence electrons. The van der Waals surface area contributed by atoms with Gasteiger partial charge < -0.3 is 5.32 Å². The van der Waals surface area contributed by atoms with Gasteiger partial charge in [-0.1, -0.05) is 19.9 Å². The molecule has 4 heteroatoms. The molecule has 1 aromatic rings. The number of hydrogen-bond acceptors (Lipinski definition) is 3. The molecule has 14 heavy (non-hydrogen) atoms. The summed E-state index contributed by atoms with van der Waals surface area (Å²) in [7, 11) is 0. The number of nitro groups is 1. The van der Waals surface area contributed by atoms with Crippen LogP contribution in [0, 0.1) is 16.0 Å². The Kier molecular flexibility index (Phi) is 3.45. The standard InChI is InChI=1S/C10H14N2O2/c1-8(2)7-11-9-4-3-5-10(6-9)12(13)14/h3-6,8,11H,7H2,1-2H3. The highest BCUT2D eigenvalue weighted by Crippen LogP contribution is 2.17. The second kappa shape index (κ2) is 4.60. The molecule has 0 aliphatic carbocycles. The van der Waals surface area contributed by atoms with Gasteiger partial charge >= 0.3 is 0 Å². The van der Waals surface area contributed by atoms with E-state index in [2.05, 4.69) is 19.2 Å². The van der Waals surface area contributed by atoms with Gasteiger partial charge in [-0.25, -0.2) is 0 Å². The van der Waals surface area contributed by atoms with E-state index in [1.165, 1.54) is 6.07 Å². The SMILES string of the molecule is CC(C)CNc1cccc([N+](=O)[O-])c1. The Labute approximate surface area is 83.1 Å². The van der Waals surface area contributed by atoms with Crippen molar-refractivity contribution >= 4 is 11.4 Å². The van der Waals surface area contributed by atoms with E-state index in [-0.39, 0.29) is 10.6 Å². The van der Waals surface area contributed by atoms with Crippen molar-refractivity contribution in [3.8, 4) is 0 Å². The average Bonchev–Trinajstić information content (AvgIpc) is 2.15. The van der Waals surface area contributed by atoms with Crippen LogP contribution < -0.4 is 5.32 Å². The predicted octanol–water partition coefficient (Wildman–Crippen LogP) is 2.66. The van der Waals surface area contributed by atoms with Crippen LogP contribution in [0.5, 0.6) is 0 Å². The highest BCUT2D eigenvalue weighted by atomic mass is 16.6. The molecule has 1 rings (SSSR count). The number of nitrogens with one attached hydrogen (secondary N) is 1. The van der Waals surface area contributed by atoms with Crippen LogP contribution in [0.1, 0.15) is 13.8 Å². The molecule has 1 N–H and O–H groups in total. The van der Waals surface area contributed by atoms with Crippen LogP contribution in [0.2, 0.25) is 0 Å². The Balaban J connectivity index is 2.69. The molecule has 0 radical (unpaired) electrons. The van der Waals surface area contributed by atoms with Crippen molar-refractivity contribution in [3.05, 3.63) is 34.4 Å². The predicted molar refractivity (Wildman–Crippen MR) is 56.4 cm³/mol. The molecule has 0 spiro atoms. The molecule has 0 amide bonds. The minimum atomic E-state index is -0.388. The summed E-state index contributed by atoms with van der Waals surface area (Å²) in [6.07, 6.45) is 0. The van der Waals surface area contributed by atoms with Gasteiger partial charge in [0, 0.05) is 24.4 Å². The minimum Gasteiger partial charge on any atom is -0.385 e. The molecule has 0 aliphatic heterocycles. The first-order valence-corrected chi connectivity index (χ1v) is 4.58. The van der Waals surface area contributed by atoms with Crippen molar-refractivity contribution in [2.75, 3.05) is 11.9 Å². The highest BCUT2D eigenvalue weighted by Gasteiger charge is 2.04. The third kappa shape index (κ3) is 3.05. The zero-order chi connectivity index (χ0) is 10.6. The lowest BCUT2D eigenvalue weighted by atomic mass is 10.2. The number of anilines is 1. The molecule has 0 saturated carbocycles. The van der Waals surface area contributed by atoms with Crippen LogP contribution in [0.4, 0.5) is 11.4 Å². The summed E-state index contributed by atoms with van der Waals surface area (Å²) >= 11 is 0. The first-order valence-electron chi connectivity index (χ1n) is 4.58. The smallest absolute Gasteiger partial charge is 0.271 e. The van der Waals surface area contributed by atoms with Crippen LogP contribution in [0.25, 0.3) is 0 Å². The summed E-state index contributed by atoms with van der Waals surface area (Å²) in [5, 5.41) is 13.6. The highest BCUT2D eigenvalue weighted by molar-refractivity contribution is 5.50. The molecular weight excluding hydrogens is 180 g/mol. The Morgan fingerprint density at radius 1 is 1.50 bits per heavy atom. The summed E-state index contributed by atoms with van der Waals surface area (Å²) in [6.45, 7) is 5.00.